The first-order valence-electron chi connectivity index (χ1n) is 4.41. The number of hydrogen-bond donors (Lipinski definition) is 1. The molecule has 0 bridgehead atoms. The standard InChI is InChI=1S/C8H11N3O2S/c12-8-7(9-1-2-10-8)11-3-5-14(13)6-4-11/h1-2H,3-6H2,(H,10,12). The van der Waals surface area contributed by atoms with E-state index >= 15 is 0 Å². The lowest BCUT2D eigenvalue weighted by molar-refractivity contribution is 0.672. The van der Waals surface area contributed by atoms with E-state index in [1.165, 1.54) is 6.20 Å². The fraction of sp³-hybridized carbons (Fsp3) is 0.500. The molecular weight excluding hydrogens is 202 g/mol. The molecule has 2 heterocycles. The SMILES string of the molecule is O=c1[nH]ccnc1N1CCS(=O)CC1. The Kier molecular flexibility index (Phi) is 2.62. The summed E-state index contributed by atoms with van der Waals surface area (Å²) in [7, 11) is -0.723. The fourth-order valence-corrected chi connectivity index (χ4v) is 2.47. The second-order valence-corrected chi connectivity index (χ2v) is 4.77. The van der Waals surface area contributed by atoms with Gasteiger partial charge in [-0.2, -0.15) is 0 Å². The molecule has 0 radical (unpaired) electrons. The number of anilines is 1. The van der Waals surface area contributed by atoms with Crippen LogP contribution >= 0.6 is 0 Å². The van der Waals surface area contributed by atoms with Gasteiger partial charge in [0.05, 0.1) is 0 Å². The van der Waals surface area contributed by atoms with Gasteiger partial charge in [-0.05, 0) is 0 Å². The zero-order chi connectivity index (χ0) is 9.97. The largest absolute Gasteiger partial charge is 0.350 e. The van der Waals surface area contributed by atoms with Crippen LogP contribution < -0.4 is 10.5 Å². The van der Waals surface area contributed by atoms with Crippen molar-refractivity contribution in [1.29, 1.82) is 0 Å². The third-order valence-corrected chi connectivity index (χ3v) is 3.44. The quantitative estimate of drug-likeness (QED) is 0.672. The van der Waals surface area contributed by atoms with Crippen molar-refractivity contribution in [3.63, 3.8) is 0 Å². The fourth-order valence-electron chi connectivity index (χ4n) is 1.42. The summed E-state index contributed by atoms with van der Waals surface area (Å²) in [5, 5.41) is 0. The summed E-state index contributed by atoms with van der Waals surface area (Å²) in [5.41, 5.74) is -0.180. The Morgan fingerprint density at radius 2 is 2.14 bits per heavy atom. The van der Waals surface area contributed by atoms with Crippen LogP contribution in [0.5, 0.6) is 0 Å². The Morgan fingerprint density at radius 1 is 1.43 bits per heavy atom. The molecule has 0 saturated carbocycles. The van der Waals surface area contributed by atoms with Crippen LogP contribution in [-0.2, 0) is 10.8 Å². The van der Waals surface area contributed by atoms with Gasteiger partial charge in [0.2, 0.25) is 0 Å². The van der Waals surface area contributed by atoms with E-state index in [1.54, 1.807) is 6.20 Å². The average Bonchev–Trinajstić information content (AvgIpc) is 2.20. The van der Waals surface area contributed by atoms with Crippen LogP contribution in [0, 0.1) is 0 Å². The number of nitrogens with one attached hydrogen (secondary N) is 1. The van der Waals surface area contributed by atoms with Crippen molar-refractivity contribution in [3.8, 4) is 0 Å². The van der Waals surface area contributed by atoms with Crippen molar-refractivity contribution in [2.45, 2.75) is 0 Å². The van der Waals surface area contributed by atoms with E-state index in [1.807, 2.05) is 4.90 Å². The maximum absolute atomic E-state index is 11.4. The van der Waals surface area contributed by atoms with Crippen molar-refractivity contribution < 1.29 is 4.21 Å². The van der Waals surface area contributed by atoms with Crippen molar-refractivity contribution >= 4 is 16.6 Å². The van der Waals surface area contributed by atoms with Gasteiger partial charge in [-0.1, -0.05) is 0 Å². The summed E-state index contributed by atoms with van der Waals surface area (Å²) in [6.07, 6.45) is 3.07. The Morgan fingerprint density at radius 3 is 2.79 bits per heavy atom. The summed E-state index contributed by atoms with van der Waals surface area (Å²) in [6.45, 7) is 1.29. The Bertz CT molecular complexity index is 394. The van der Waals surface area contributed by atoms with E-state index in [2.05, 4.69) is 9.97 Å². The molecule has 76 valence electrons. The predicted octanol–water partition coefficient (Wildman–Crippen LogP) is -0.661. The van der Waals surface area contributed by atoms with Crippen LogP contribution in [0.2, 0.25) is 0 Å². The number of H-pyrrole nitrogens is 1. The highest BCUT2D eigenvalue weighted by Gasteiger charge is 2.18. The normalized spacial score (nSPS) is 18.4. The summed E-state index contributed by atoms with van der Waals surface area (Å²) in [6, 6.07) is 0. The molecular formula is C8H11N3O2S. The molecule has 1 aliphatic heterocycles. The zero-order valence-corrected chi connectivity index (χ0v) is 8.42. The average molecular weight is 213 g/mol. The van der Waals surface area contributed by atoms with Crippen molar-refractivity contribution in [2.24, 2.45) is 0 Å². The van der Waals surface area contributed by atoms with Crippen molar-refractivity contribution in [3.05, 3.63) is 22.7 Å². The highest BCUT2D eigenvalue weighted by Crippen LogP contribution is 2.06. The summed E-state index contributed by atoms with van der Waals surface area (Å²) in [5.74, 6) is 1.68. The van der Waals surface area contributed by atoms with Gasteiger partial charge in [-0.3, -0.25) is 9.00 Å². The molecule has 14 heavy (non-hydrogen) atoms. The molecule has 5 nitrogen and oxygen atoms in total. The number of nitrogens with zero attached hydrogens (tertiary/aromatic N) is 2. The van der Waals surface area contributed by atoms with Gasteiger partial charge >= 0.3 is 0 Å². The Labute approximate surface area is 83.6 Å². The smallest absolute Gasteiger partial charge is 0.290 e. The molecule has 0 aromatic carbocycles. The van der Waals surface area contributed by atoms with Gasteiger partial charge in [-0.25, -0.2) is 4.98 Å². The van der Waals surface area contributed by atoms with Crippen LogP contribution in [0.4, 0.5) is 5.82 Å². The minimum atomic E-state index is -0.723. The van der Waals surface area contributed by atoms with Crippen LogP contribution in [-0.4, -0.2) is 38.8 Å². The topological polar surface area (TPSA) is 66.1 Å². The molecule has 0 atom stereocenters. The number of aromatic nitrogens is 2. The minimum Gasteiger partial charge on any atom is -0.350 e. The molecule has 2 rings (SSSR count). The highest BCUT2D eigenvalue weighted by molar-refractivity contribution is 7.85. The molecule has 0 spiro atoms. The molecule has 1 N–H and O–H groups in total. The van der Waals surface area contributed by atoms with Crippen LogP contribution in [0.1, 0.15) is 0 Å². The van der Waals surface area contributed by atoms with Crippen LogP contribution in [0.15, 0.2) is 17.2 Å². The number of aromatic amines is 1. The van der Waals surface area contributed by atoms with Gasteiger partial charge in [0.25, 0.3) is 5.56 Å². The lowest BCUT2D eigenvalue weighted by Crippen LogP contribution is -2.40. The minimum absolute atomic E-state index is 0.180. The summed E-state index contributed by atoms with van der Waals surface area (Å²) >= 11 is 0. The third-order valence-electron chi connectivity index (χ3n) is 2.17. The third kappa shape index (κ3) is 1.84. The molecule has 1 saturated heterocycles. The Balaban J connectivity index is 2.20. The van der Waals surface area contributed by atoms with Gasteiger partial charge < -0.3 is 9.88 Å². The predicted molar refractivity (Wildman–Crippen MR) is 54.9 cm³/mol. The monoisotopic (exact) mass is 213 g/mol. The van der Waals surface area contributed by atoms with Crippen LogP contribution in [0.25, 0.3) is 0 Å². The first-order valence-corrected chi connectivity index (χ1v) is 5.90. The number of hydrogen-bond acceptors (Lipinski definition) is 4. The van der Waals surface area contributed by atoms with Crippen molar-refractivity contribution in [2.75, 3.05) is 29.5 Å². The van der Waals surface area contributed by atoms with Gasteiger partial charge in [-0.15, -0.1) is 0 Å². The molecule has 1 fully saturated rings. The summed E-state index contributed by atoms with van der Waals surface area (Å²) < 4.78 is 11.1. The first kappa shape index (κ1) is 9.39. The summed E-state index contributed by atoms with van der Waals surface area (Å²) in [4.78, 5) is 19.8. The lowest BCUT2D eigenvalue weighted by atomic mass is 10.4. The van der Waals surface area contributed by atoms with E-state index in [-0.39, 0.29) is 5.56 Å². The van der Waals surface area contributed by atoms with E-state index in [0.29, 0.717) is 30.4 Å². The van der Waals surface area contributed by atoms with E-state index in [0.717, 1.165) is 0 Å². The molecule has 0 aliphatic carbocycles. The van der Waals surface area contributed by atoms with Crippen LogP contribution in [0.3, 0.4) is 0 Å². The van der Waals surface area contributed by atoms with Crippen molar-refractivity contribution in [1.82, 2.24) is 9.97 Å². The molecule has 1 aliphatic rings. The number of rotatable bonds is 1. The molecule has 1 aromatic rings. The zero-order valence-electron chi connectivity index (χ0n) is 7.60. The molecule has 0 amide bonds. The maximum Gasteiger partial charge on any atom is 0.290 e. The lowest BCUT2D eigenvalue weighted by Gasteiger charge is -2.26. The Hall–Kier alpha value is -1.17. The first-order chi connectivity index (χ1) is 6.77. The second kappa shape index (κ2) is 3.91. The van der Waals surface area contributed by atoms with Gasteiger partial charge in [0, 0.05) is 47.8 Å². The molecule has 1 aromatic heterocycles. The van der Waals surface area contributed by atoms with Gasteiger partial charge in [0.15, 0.2) is 5.82 Å². The molecule has 6 heteroatoms. The van der Waals surface area contributed by atoms with Gasteiger partial charge in [0.1, 0.15) is 0 Å². The highest BCUT2D eigenvalue weighted by atomic mass is 32.2. The maximum atomic E-state index is 11.4. The van der Waals surface area contributed by atoms with E-state index < -0.39 is 10.8 Å². The molecule has 0 unspecified atom stereocenters. The van der Waals surface area contributed by atoms with E-state index in [4.69, 9.17) is 0 Å². The second-order valence-electron chi connectivity index (χ2n) is 3.08. The van der Waals surface area contributed by atoms with E-state index in [9.17, 15) is 9.00 Å².